The fourth-order valence-electron chi connectivity index (χ4n) is 2.96. The molecule has 6 nitrogen and oxygen atoms in total. The van der Waals surface area contributed by atoms with Crippen molar-refractivity contribution in [3.63, 3.8) is 0 Å². The minimum atomic E-state index is -0.196. The van der Waals surface area contributed by atoms with Crippen LogP contribution in [-0.2, 0) is 6.42 Å². The Morgan fingerprint density at radius 2 is 2.12 bits per heavy atom. The van der Waals surface area contributed by atoms with E-state index in [0.29, 0.717) is 6.42 Å². The molecule has 3 rings (SSSR count). The third kappa shape index (κ3) is 3.66. The van der Waals surface area contributed by atoms with E-state index in [0.717, 1.165) is 39.5 Å². The Balaban J connectivity index is 0.00000208. The molecule has 1 heterocycles. The van der Waals surface area contributed by atoms with Crippen LogP contribution in [0.3, 0.4) is 0 Å². The zero-order valence-corrected chi connectivity index (χ0v) is 14.7. The molecule has 1 aliphatic carbocycles. The van der Waals surface area contributed by atoms with Gasteiger partial charge < -0.3 is 5.73 Å². The van der Waals surface area contributed by atoms with Crippen LogP contribution in [0.15, 0.2) is 35.6 Å². The van der Waals surface area contributed by atoms with Crippen molar-refractivity contribution in [3.05, 3.63) is 57.9 Å². The summed E-state index contributed by atoms with van der Waals surface area (Å²) in [4.78, 5) is 0. The molecule has 0 aliphatic heterocycles. The number of fused-ring (bicyclic) bond motifs is 1. The molecular weight excluding hydrogens is 347 g/mol. The highest BCUT2D eigenvalue weighted by Gasteiger charge is 2.28. The van der Waals surface area contributed by atoms with E-state index < -0.39 is 0 Å². The van der Waals surface area contributed by atoms with Crippen LogP contribution in [-0.4, -0.2) is 21.9 Å². The molecule has 0 fully saturated rings. The van der Waals surface area contributed by atoms with Gasteiger partial charge in [0, 0.05) is 10.6 Å². The Morgan fingerprint density at radius 3 is 2.83 bits per heavy atom. The number of hydrogen-bond donors (Lipinski definition) is 3. The summed E-state index contributed by atoms with van der Waals surface area (Å²) in [6.07, 6.45) is 3.17. The van der Waals surface area contributed by atoms with Gasteiger partial charge in [-0.15, -0.1) is 12.4 Å². The molecule has 2 aromatic rings. The molecule has 1 aromatic carbocycles. The summed E-state index contributed by atoms with van der Waals surface area (Å²) >= 11 is 6.35. The highest BCUT2D eigenvalue weighted by atomic mass is 35.5. The van der Waals surface area contributed by atoms with Gasteiger partial charge in [-0.3, -0.25) is 5.41 Å². The van der Waals surface area contributed by atoms with E-state index in [9.17, 15) is 0 Å². The van der Waals surface area contributed by atoms with E-state index >= 15 is 0 Å². The summed E-state index contributed by atoms with van der Waals surface area (Å²) in [6.45, 7) is 1.98. The van der Waals surface area contributed by atoms with Crippen LogP contribution in [0.1, 0.15) is 34.7 Å². The molecule has 8 heteroatoms. The van der Waals surface area contributed by atoms with Gasteiger partial charge in [0.05, 0.1) is 17.6 Å². The number of aromatic nitrogens is 2. The summed E-state index contributed by atoms with van der Waals surface area (Å²) in [7, 11) is 0. The summed E-state index contributed by atoms with van der Waals surface area (Å²) in [5.74, 6) is -0.0293. The van der Waals surface area contributed by atoms with E-state index in [1.807, 2.05) is 31.2 Å². The predicted octanol–water partition coefficient (Wildman–Crippen LogP) is 2.78. The highest BCUT2D eigenvalue weighted by molar-refractivity contribution is 6.31. The molecule has 0 spiro atoms. The Kier molecular flexibility index (Phi) is 5.75. The van der Waals surface area contributed by atoms with Crippen LogP contribution in [0, 0.1) is 12.3 Å². The normalized spacial score (nSPS) is 17.8. The van der Waals surface area contributed by atoms with E-state index in [1.165, 1.54) is 0 Å². The first-order valence-corrected chi connectivity index (χ1v) is 7.66. The molecule has 4 N–H and O–H groups in total. The molecule has 0 bridgehead atoms. The Labute approximate surface area is 151 Å². The number of guanidine groups is 1. The standard InChI is InChI=1S/C16H17ClN6.ClH/c1-9-8-20-21-13-6-10(11-4-2-3-5-12(11)17)7-14(15(9)13)22-23-16(18)19;/h2-5,8,10H,6-7H2,1H3,(H4,18,19,23);1H. The van der Waals surface area contributed by atoms with Crippen molar-refractivity contribution in [1.82, 2.24) is 15.6 Å². The molecule has 0 saturated carbocycles. The van der Waals surface area contributed by atoms with Crippen molar-refractivity contribution in [2.75, 3.05) is 0 Å². The van der Waals surface area contributed by atoms with Gasteiger partial charge in [-0.1, -0.05) is 29.8 Å². The second-order valence-corrected chi connectivity index (χ2v) is 5.97. The lowest BCUT2D eigenvalue weighted by Gasteiger charge is -2.26. The minimum Gasteiger partial charge on any atom is -0.369 e. The molecule has 126 valence electrons. The maximum Gasteiger partial charge on any atom is 0.206 e. The largest absolute Gasteiger partial charge is 0.369 e. The molecule has 0 saturated heterocycles. The number of hydrogen-bond acceptors (Lipinski definition) is 4. The summed E-state index contributed by atoms with van der Waals surface area (Å²) in [5, 5.41) is 20.7. The quantitative estimate of drug-likeness (QED) is 0.433. The van der Waals surface area contributed by atoms with Crippen molar-refractivity contribution in [1.29, 1.82) is 5.41 Å². The fourth-order valence-corrected chi connectivity index (χ4v) is 3.25. The minimum absolute atomic E-state index is 0. The second kappa shape index (κ2) is 7.59. The number of nitrogens with one attached hydrogen (secondary N) is 2. The first-order chi connectivity index (χ1) is 11.1. The average Bonchev–Trinajstić information content (AvgIpc) is 2.53. The highest BCUT2D eigenvalue weighted by Crippen LogP contribution is 2.36. The average molecular weight is 365 g/mol. The van der Waals surface area contributed by atoms with E-state index in [1.54, 1.807) is 6.20 Å². The van der Waals surface area contributed by atoms with Gasteiger partial charge in [0.1, 0.15) is 0 Å². The number of nitrogens with zero attached hydrogens (tertiary/aromatic N) is 3. The van der Waals surface area contributed by atoms with E-state index in [-0.39, 0.29) is 24.3 Å². The molecule has 0 radical (unpaired) electrons. The van der Waals surface area contributed by atoms with E-state index in [2.05, 4.69) is 20.7 Å². The number of aryl methyl sites for hydroxylation is 1. The van der Waals surface area contributed by atoms with Crippen LogP contribution in [0.25, 0.3) is 0 Å². The first kappa shape index (κ1) is 18.2. The van der Waals surface area contributed by atoms with Gasteiger partial charge in [-0.2, -0.15) is 15.3 Å². The smallest absolute Gasteiger partial charge is 0.206 e. The Morgan fingerprint density at radius 1 is 1.38 bits per heavy atom. The third-order valence-electron chi connectivity index (χ3n) is 3.94. The van der Waals surface area contributed by atoms with Crippen molar-refractivity contribution in [2.24, 2.45) is 10.8 Å². The number of halogens is 2. The van der Waals surface area contributed by atoms with Crippen LogP contribution in [0.4, 0.5) is 0 Å². The zero-order valence-electron chi connectivity index (χ0n) is 13.1. The maximum atomic E-state index is 7.31. The van der Waals surface area contributed by atoms with Crippen LogP contribution in [0.5, 0.6) is 0 Å². The third-order valence-corrected chi connectivity index (χ3v) is 4.28. The van der Waals surface area contributed by atoms with Crippen LogP contribution in [0.2, 0.25) is 5.02 Å². The lowest BCUT2D eigenvalue weighted by atomic mass is 9.80. The molecule has 1 unspecified atom stereocenters. The van der Waals surface area contributed by atoms with Gasteiger partial charge in [0.2, 0.25) is 5.96 Å². The lowest BCUT2D eigenvalue weighted by molar-refractivity contribution is 0.663. The van der Waals surface area contributed by atoms with Crippen LogP contribution >= 0.6 is 24.0 Å². The van der Waals surface area contributed by atoms with Gasteiger partial charge in [-0.05, 0) is 42.9 Å². The second-order valence-electron chi connectivity index (χ2n) is 5.56. The molecule has 1 aromatic heterocycles. The number of nitrogens with two attached hydrogens (primary N) is 1. The van der Waals surface area contributed by atoms with Gasteiger partial charge in [0.25, 0.3) is 0 Å². The molecule has 24 heavy (non-hydrogen) atoms. The summed E-state index contributed by atoms with van der Waals surface area (Å²) < 4.78 is 0. The topological polar surface area (TPSA) is 100 Å². The Hall–Kier alpha value is -2.18. The lowest BCUT2D eigenvalue weighted by Crippen LogP contribution is -2.30. The van der Waals surface area contributed by atoms with Crippen molar-refractivity contribution in [3.8, 4) is 0 Å². The van der Waals surface area contributed by atoms with Crippen molar-refractivity contribution in [2.45, 2.75) is 25.7 Å². The van der Waals surface area contributed by atoms with Crippen molar-refractivity contribution >= 4 is 35.7 Å². The van der Waals surface area contributed by atoms with Gasteiger partial charge in [0.15, 0.2) is 0 Å². The number of rotatable bonds is 2. The molecule has 1 atom stereocenters. The Bertz CT molecular complexity index is 790. The summed E-state index contributed by atoms with van der Waals surface area (Å²) in [5.41, 5.74) is 12.7. The molecule has 0 amide bonds. The van der Waals surface area contributed by atoms with E-state index in [4.69, 9.17) is 22.7 Å². The monoisotopic (exact) mass is 364 g/mol. The van der Waals surface area contributed by atoms with Crippen LogP contribution < -0.4 is 11.2 Å². The number of benzene rings is 1. The van der Waals surface area contributed by atoms with Crippen molar-refractivity contribution < 1.29 is 0 Å². The zero-order chi connectivity index (χ0) is 16.4. The van der Waals surface area contributed by atoms with Gasteiger partial charge >= 0.3 is 0 Å². The first-order valence-electron chi connectivity index (χ1n) is 7.28. The summed E-state index contributed by atoms with van der Waals surface area (Å²) in [6, 6.07) is 7.80. The predicted molar refractivity (Wildman–Crippen MR) is 98.1 cm³/mol. The molecule has 1 aliphatic rings. The molecular formula is C16H18Cl2N6. The maximum absolute atomic E-state index is 7.31. The number of hydrazone groups is 1. The fraction of sp³-hybridized carbons (Fsp3) is 0.250. The van der Waals surface area contributed by atoms with Gasteiger partial charge in [-0.25, -0.2) is 5.43 Å². The SMILES string of the molecule is Cc1cnnc2c1C(=NNC(=N)N)CC(c1ccccc1Cl)C2.Cl.